The Hall–Kier alpha value is -2.64. The molecule has 0 spiro atoms. The Morgan fingerprint density at radius 1 is 1.32 bits per heavy atom. The zero-order chi connectivity index (χ0) is 18.6. The third kappa shape index (κ3) is 4.68. The Bertz CT molecular complexity index is 868. The first-order valence-corrected chi connectivity index (χ1v) is 7.76. The van der Waals surface area contributed by atoms with Crippen LogP contribution in [-0.4, -0.2) is 16.7 Å². The van der Waals surface area contributed by atoms with Gasteiger partial charge in [-0.1, -0.05) is 40.5 Å². The molecule has 0 bridgehead atoms. The summed E-state index contributed by atoms with van der Waals surface area (Å²) in [5.41, 5.74) is 6.43. The van der Waals surface area contributed by atoms with Crippen LogP contribution in [0, 0.1) is 17.0 Å². The van der Waals surface area contributed by atoms with Crippen LogP contribution in [0.4, 0.5) is 5.69 Å². The van der Waals surface area contributed by atoms with Gasteiger partial charge in [0.2, 0.25) is 0 Å². The number of nitrogens with two attached hydrogens (primary N) is 1. The van der Waals surface area contributed by atoms with Gasteiger partial charge in [-0.05, 0) is 30.7 Å². The van der Waals surface area contributed by atoms with Crippen LogP contribution in [0.1, 0.15) is 21.5 Å². The molecule has 0 atom stereocenters. The third-order valence-corrected chi connectivity index (χ3v) is 3.94. The van der Waals surface area contributed by atoms with E-state index >= 15 is 0 Å². The Labute approximate surface area is 153 Å². The molecule has 2 aromatic carbocycles. The zero-order valence-electron chi connectivity index (χ0n) is 13.0. The summed E-state index contributed by atoms with van der Waals surface area (Å²) in [7, 11) is 0. The summed E-state index contributed by atoms with van der Waals surface area (Å²) in [4.78, 5) is 27.2. The molecule has 0 unspecified atom stereocenters. The quantitative estimate of drug-likeness (QED) is 0.278. The Morgan fingerprint density at radius 3 is 2.68 bits per heavy atom. The van der Waals surface area contributed by atoms with Crippen molar-refractivity contribution in [2.45, 2.75) is 13.3 Å². The van der Waals surface area contributed by atoms with Crippen molar-refractivity contribution in [3.05, 3.63) is 73.2 Å². The summed E-state index contributed by atoms with van der Waals surface area (Å²) in [5.74, 6) is -0.827. The van der Waals surface area contributed by atoms with Crippen molar-refractivity contribution in [1.29, 1.82) is 0 Å². The molecule has 7 nitrogen and oxygen atoms in total. The molecule has 130 valence electrons. The Balaban J connectivity index is 2.12. The van der Waals surface area contributed by atoms with Crippen molar-refractivity contribution in [3.8, 4) is 0 Å². The van der Waals surface area contributed by atoms with E-state index in [1.165, 1.54) is 25.1 Å². The number of oxime groups is 1. The molecule has 2 N–H and O–H groups in total. The van der Waals surface area contributed by atoms with Gasteiger partial charge in [0.25, 0.3) is 5.69 Å². The van der Waals surface area contributed by atoms with Crippen molar-refractivity contribution in [1.82, 2.24) is 0 Å². The predicted molar refractivity (Wildman–Crippen MR) is 95.0 cm³/mol. The molecular weight excluding hydrogens is 369 g/mol. The first-order chi connectivity index (χ1) is 11.8. The molecule has 0 radical (unpaired) electrons. The lowest BCUT2D eigenvalue weighted by Crippen LogP contribution is -2.17. The molecule has 0 aromatic heterocycles. The highest BCUT2D eigenvalue weighted by Gasteiger charge is 2.19. The molecule has 0 saturated carbocycles. The number of amidine groups is 1. The number of hydrogen-bond acceptors (Lipinski definition) is 5. The number of nitro groups is 1. The molecule has 0 saturated heterocycles. The van der Waals surface area contributed by atoms with Gasteiger partial charge in [0.05, 0.1) is 10.5 Å². The Morgan fingerprint density at radius 2 is 2.04 bits per heavy atom. The maximum atomic E-state index is 12.1. The van der Waals surface area contributed by atoms with Crippen LogP contribution >= 0.6 is 23.2 Å². The van der Waals surface area contributed by atoms with Crippen LogP contribution < -0.4 is 5.73 Å². The monoisotopic (exact) mass is 381 g/mol. The Kier molecular flexibility index (Phi) is 5.95. The van der Waals surface area contributed by atoms with E-state index in [0.717, 1.165) is 0 Å². The minimum Gasteiger partial charge on any atom is -0.384 e. The fraction of sp³-hybridized carbons (Fsp3) is 0.125. The molecule has 0 heterocycles. The topological polar surface area (TPSA) is 108 Å². The van der Waals surface area contributed by atoms with E-state index in [4.69, 9.17) is 33.8 Å². The molecule has 0 fully saturated rings. The summed E-state index contributed by atoms with van der Waals surface area (Å²) < 4.78 is 0. The summed E-state index contributed by atoms with van der Waals surface area (Å²) >= 11 is 11.8. The van der Waals surface area contributed by atoms with Crippen molar-refractivity contribution >= 4 is 40.7 Å². The van der Waals surface area contributed by atoms with E-state index in [0.29, 0.717) is 15.6 Å². The number of hydrogen-bond donors (Lipinski definition) is 1. The molecule has 0 aliphatic carbocycles. The number of carbonyl (C=O) groups excluding carboxylic acids is 1. The van der Waals surface area contributed by atoms with Crippen molar-refractivity contribution in [3.63, 3.8) is 0 Å². The van der Waals surface area contributed by atoms with Gasteiger partial charge in [-0.25, -0.2) is 4.79 Å². The maximum Gasteiger partial charge on any atom is 0.366 e. The molecule has 0 amide bonds. The fourth-order valence-electron chi connectivity index (χ4n) is 2.08. The van der Waals surface area contributed by atoms with Crippen LogP contribution in [-0.2, 0) is 11.3 Å². The van der Waals surface area contributed by atoms with Gasteiger partial charge in [0.15, 0.2) is 0 Å². The minimum absolute atomic E-state index is 0.0145. The molecule has 0 aliphatic heterocycles. The first kappa shape index (κ1) is 18.7. The van der Waals surface area contributed by atoms with Gasteiger partial charge in [0, 0.05) is 28.1 Å². The average molecular weight is 382 g/mol. The highest BCUT2D eigenvalue weighted by atomic mass is 35.5. The SMILES string of the molecule is Cc1c(C(=O)ON=C(N)Cc2ccc(Cl)cc2Cl)cccc1[N+](=O)[O-]. The van der Waals surface area contributed by atoms with Crippen LogP contribution in [0.2, 0.25) is 10.0 Å². The van der Waals surface area contributed by atoms with Crippen molar-refractivity contribution < 1.29 is 14.6 Å². The predicted octanol–water partition coefficient (Wildman–Crippen LogP) is 3.88. The largest absolute Gasteiger partial charge is 0.384 e. The average Bonchev–Trinajstić information content (AvgIpc) is 2.55. The summed E-state index contributed by atoms with van der Waals surface area (Å²) in [6.07, 6.45) is 0.150. The van der Waals surface area contributed by atoms with Crippen molar-refractivity contribution in [2.75, 3.05) is 0 Å². The second-order valence-electron chi connectivity index (χ2n) is 5.08. The number of halogens is 2. The summed E-state index contributed by atoms with van der Waals surface area (Å²) in [6, 6.07) is 8.99. The van der Waals surface area contributed by atoms with Gasteiger partial charge in [0.1, 0.15) is 5.84 Å². The summed E-state index contributed by atoms with van der Waals surface area (Å²) in [5, 5.41) is 15.4. The van der Waals surface area contributed by atoms with E-state index in [1.54, 1.807) is 18.2 Å². The minimum atomic E-state index is -0.841. The molecular formula is C16H13Cl2N3O4. The first-order valence-electron chi connectivity index (χ1n) is 7.01. The van der Waals surface area contributed by atoms with E-state index in [1.807, 2.05) is 0 Å². The number of rotatable bonds is 5. The van der Waals surface area contributed by atoms with E-state index in [9.17, 15) is 14.9 Å². The lowest BCUT2D eigenvalue weighted by Gasteiger charge is -2.05. The van der Waals surface area contributed by atoms with Crippen molar-refractivity contribution in [2.24, 2.45) is 10.9 Å². The number of carbonyl (C=O) groups is 1. The summed E-state index contributed by atoms with van der Waals surface area (Å²) in [6.45, 7) is 1.45. The van der Waals surface area contributed by atoms with Crippen LogP contribution in [0.15, 0.2) is 41.6 Å². The zero-order valence-corrected chi connectivity index (χ0v) is 14.5. The molecule has 25 heavy (non-hydrogen) atoms. The van der Waals surface area contributed by atoms with E-state index < -0.39 is 10.9 Å². The van der Waals surface area contributed by atoms with Gasteiger partial charge >= 0.3 is 5.97 Å². The standard InChI is InChI=1S/C16H13Cl2N3O4/c1-9-12(3-2-4-14(9)21(23)24)16(22)25-20-15(19)7-10-5-6-11(17)8-13(10)18/h2-6,8H,7H2,1H3,(H2,19,20). The highest BCUT2D eigenvalue weighted by molar-refractivity contribution is 6.35. The van der Waals surface area contributed by atoms with Gasteiger partial charge in [-0.15, -0.1) is 0 Å². The lowest BCUT2D eigenvalue weighted by atomic mass is 10.1. The van der Waals surface area contributed by atoms with Crippen LogP contribution in [0.5, 0.6) is 0 Å². The molecule has 2 aromatic rings. The maximum absolute atomic E-state index is 12.1. The van der Waals surface area contributed by atoms with E-state index in [2.05, 4.69) is 5.16 Å². The second-order valence-corrected chi connectivity index (χ2v) is 5.92. The highest BCUT2D eigenvalue weighted by Crippen LogP contribution is 2.22. The second kappa shape index (κ2) is 7.96. The van der Waals surface area contributed by atoms with E-state index in [-0.39, 0.29) is 29.1 Å². The van der Waals surface area contributed by atoms with Gasteiger partial charge < -0.3 is 10.6 Å². The molecule has 9 heteroatoms. The fourth-order valence-corrected chi connectivity index (χ4v) is 2.56. The van der Waals surface area contributed by atoms with Crippen LogP contribution in [0.25, 0.3) is 0 Å². The number of nitro benzene ring substituents is 1. The van der Waals surface area contributed by atoms with Gasteiger partial charge in [-0.2, -0.15) is 0 Å². The van der Waals surface area contributed by atoms with Crippen LogP contribution in [0.3, 0.4) is 0 Å². The third-order valence-electron chi connectivity index (χ3n) is 3.35. The smallest absolute Gasteiger partial charge is 0.366 e. The molecule has 2 rings (SSSR count). The number of benzene rings is 2. The van der Waals surface area contributed by atoms with Gasteiger partial charge in [-0.3, -0.25) is 10.1 Å². The normalized spacial score (nSPS) is 11.2. The number of nitrogens with zero attached hydrogens (tertiary/aromatic N) is 2. The molecule has 0 aliphatic rings. The lowest BCUT2D eigenvalue weighted by molar-refractivity contribution is -0.385.